The van der Waals surface area contributed by atoms with Gasteiger partial charge in [0.1, 0.15) is 0 Å². The fraction of sp³-hybridized carbons (Fsp3) is 0.0250. The minimum absolute atomic E-state index is 0.670. The molecule has 43 heavy (non-hydrogen) atoms. The second-order valence-electron chi connectivity index (χ2n) is 11.2. The lowest BCUT2D eigenvalue weighted by atomic mass is 9.89. The summed E-state index contributed by atoms with van der Waals surface area (Å²) in [6.07, 6.45) is 0.951. The second kappa shape index (κ2) is 9.43. The van der Waals surface area contributed by atoms with Crippen molar-refractivity contribution in [1.29, 1.82) is 0 Å². The Bertz CT molecular complexity index is 2300. The van der Waals surface area contributed by atoms with Crippen LogP contribution in [0.4, 0.5) is 0 Å². The van der Waals surface area contributed by atoms with E-state index in [4.69, 9.17) is 15.0 Å². The molecular formula is C40H25N3. The van der Waals surface area contributed by atoms with Gasteiger partial charge in [0.2, 0.25) is 0 Å². The molecule has 3 nitrogen and oxygen atoms in total. The van der Waals surface area contributed by atoms with Crippen molar-refractivity contribution in [3.63, 3.8) is 0 Å². The van der Waals surface area contributed by atoms with E-state index in [0.29, 0.717) is 17.5 Å². The highest BCUT2D eigenvalue weighted by Gasteiger charge is 2.23. The molecule has 0 atom stereocenters. The van der Waals surface area contributed by atoms with Crippen molar-refractivity contribution in [3.8, 4) is 45.3 Å². The molecule has 0 spiro atoms. The monoisotopic (exact) mass is 547 g/mol. The van der Waals surface area contributed by atoms with Gasteiger partial charge in [-0.05, 0) is 67.1 Å². The Hall–Kier alpha value is -5.67. The molecule has 0 saturated heterocycles. The Labute approximate surface area is 249 Å². The molecule has 0 aliphatic heterocycles. The third-order valence-corrected chi connectivity index (χ3v) is 8.74. The Kier molecular flexibility index (Phi) is 5.26. The smallest absolute Gasteiger partial charge is 0.164 e. The van der Waals surface area contributed by atoms with Gasteiger partial charge in [-0.1, -0.05) is 133 Å². The van der Waals surface area contributed by atoms with E-state index in [2.05, 4.69) is 78.9 Å². The molecule has 0 radical (unpaired) electrons. The van der Waals surface area contributed by atoms with Crippen molar-refractivity contribution in [2.24, 2.45) is 0 Å². The van der Waals surface area contributed by atoms with Gasteiger partial charge in [-0.3, -0.25) is 0 Å². The van der Waals surface area contributed by atoms with Crippen LogP contribution in [-0.4, -0.2) is 15.0 Å². The van der Waals surface area contributed by atoms with Gasteiger partial charge in [-0.2, -0.15) is 0 Å². The summed E-state index contributed by atoms with van der Waals surface area (Å²) < 4.78 is 0. The maximum atomic E-state index is 5.01. The third kappa shape index (κ3) is 3.79. The van der Waals surface area contributed by atoms with Gasteiger partial charge in [-0.15, -0.1) is 0 Å². The molecule has 0 N–H and O–H groups in total. The fourth-order valence-electron chi connectivity index (χ4n) is 6.76. The van der Waals surface area contributed by atoms with Gasteiger partial charge in [0, 0.05) is 16.7 Å². The molecule has 1 aliphatic carbocycles. The quantitative estimate of drug-likeness (QED) is 0.207. The molecule has 0 unspecified atom stereocenters. The molecule has 200 valence electrons. The van der Waals surface area contributed by atoms with Crippen LogP contribution in [0, 0.1) is 0 Å². The zero-order valence-electron chi connectivity index (χ0n) is 23.3. The fourth-order valence-corrected chi connectivity index (χ4v) is 6.76. The van der Waals surface area contributed by atoms with E-state index in [1.54, 1.807) is 0 Å². The van der Waals surface area contributed by atoms with Crippen LogP contribution in [0.1, 0.15) is 11.1 Å². The molecule has 7 aromatic carbocycles. The normalized spacial score (nSPS) is 12.1. The molecule has 1 aliphatic rings. The van der Waals surface area contributed by atoms with E-state index < -0.39 is 0 Å². The van der Waals surface area contributed by atoms with E-state index in [9.17, 15) is 0 Å². The number of nitrogens with zero attached hydrogens (tertiary/aromatic N) is 3. The lowest BCUT2D eigenvalue weighted by Gasteiger charge is -2.15. The Morgan fingerprint density at radius 3 is 1.60 bits per heavy atom. The second-order valence-corrected chi connectivity index (χ2v) is 11.2. The summed E-state index contributed by atoms with van der Waals surface area (Å²) >= 11 is 0. The van der Waals surface area contributed by atoms with Crippen LogP contribution in [0.3, 0.4) is 0 Å². The van der Waals surface area contributed by atoms with Crippen molar-refractivity contribution in [1.82, 2.24) is 15.0 Å². The Morgan fingerprint density at radius 2 is 0.907 bits per heavy atom. The molecule has 1 aromatic heterocycles. The minimum atomic E-state index is 0.670. The van der Waals surface area contributed by atoms with Crippen molar-refractivity contribution in [3.05, 3.63) is 151 Å². The van der Waals surface area contributed by atoms with Gasteiger partial charge >= 0.3 is 0 Å². The molecule has 3 heteroatoms. The van der Waals surface area contributed by atoms with Gasteiger partial charge in [0.25, 0.3) is 0 Å². The van der Waals surface area contributed by atoms with Crippen molar-refractivity contribution in [2.75, 3.05) is 0 Å². The van der Waals surface area contributed by atoms with Crippen LogP contribution < -0.4 is 0 Å². The predicted molar refractivity (Wildman–Crippen MR) is 177 cm³/mol. The maximum absolute atomic E-state index is 5.01. The Morgan fingerprint density at radius 1 is 0.372 bits per heavy atom. The average molecular weight is 548 g/mol. The first-order valence-electron chi connectivity index (χ1n) is 14.7. The number of fused-ring (bicyclic) bond motifs is 10. The zero-order chi connectivity index (χ0) is 28.3. The Balaban J connectivity index is 1.32. The van der Waals surface area contributed by atoms with Crippen molar-refractivity contribution >= 4 is 32.3 Å². The van der Waals surface area contributed by atoms with Crippen LogP contribution in [-0.2, 0) is 6.42 Å². The summed E-state index contributed by atoms with van der Waals surface area (Å²) in [6, 6.07) is 49.2. The molecule has 1 heterocycles. The lowest BCUT2D eigenvalue weighted by Crippen LogP contribution is -2.00. The van der Waals surface area contributed by atoms with E-state index in [1.165, 1.54) is 54.6 Å². The van der Waals surface area contributed by atoms with Crippen LogP contribution in [0.2, 0.25) is 0 Å². The highest BCUT2D eigenvalue weighted by atomic mass is 15.0. The number of benzene rings is 7. The largest absolute Gasteiger partial charge is 0.208 e. The highest BCUT2D eigenvalue weighted by molar-refractivity contribution is 6.27. The summed E-state index contributed by atoms with van der Waals surface area (Å²) in [6.45, 7) is 0. The summed E-state index contributed by atoms with van der Waals surface area (Å²) in [4.78, 5) is 14.9. The van der Waals surface area contributed by atoms with Gasteiger partial charge in [-0.25, -0.2) is 15.0 Å². The van der Waals surface area contributed by atoms with Crippen molar-refractivity contribution in [2.45, 2.75) is 6.42 Å². The molecule has 8 aromatic rings. The SMILES string of the molecule is c1ccc(-c2nc(-c3ccccc3)nc(-c3ccc4c(c3)c3ccccc3c3ccc5c(c34)Cc3ccccc3-5)n2)cc1. The number of aromatic nitrogens is 3. The van der Waals surface area contributed by atoms with E-state index in [0.717, 1.165) is 23.1 Å². The van der Waals surface area contributed by atoms with Crippen LogP contribution >= 0.6 is 0 Å². The molecular weight excluding hydrogens is 522 g/mol. The van der Waals surface area contributed by atoms with Crippen LogP contribution in [0.15, 0.2) is 140 Å². The van der Waals surface area contributed by atoms with Crippen LogP contribution in [0.5, 0.6) is 0 Å². The molecule has 9 rings (SSSR count). The topological polar surface area (TPSA) is 38.7 Å². The first-order chi connectivity index (χ1) is 21.3. The average Bonchev–Trinajstić information content (AvgIpc) is 3.47. The lowest BCUT2D eigenvalue weighted by molar-refractivity contribution is 1.07. The summed E-state index contributed by atoms with van der Waals surface area (Å²) in [7, 11) is 0. The number of rotatable bonds is 3. The highest BCUT2D eigenvalue weighted by Crippen LogP contribution is 2.45. The first-order valence-corrected chi connectivity index (χ1v) is 14.7. The number of hydrogen-bond acceptors (Lipinski definition) is 3. The minimum Gasteiger partial charge on any atom is -0.208 e. The number of hydrogen-bond donors (Lipinski definition) is 0. The van der Waals surface area contributed by atoms with Gasteiger partial charge in [0.15, 0.2) is 17.5 Å². The van der Waals surface area contributed by atoms with E-state index in [1.807, 2.05) is 60.7 Å². The van der Waals surface area contributed by atoms with Gasteiger partial charge < -0.3 is 0 Å². The third-order valence-electron chi connectivity index (χ3n) is 8.74. The summed E-state index contributed by atoms with van der Waals surface area (Å²) in [5.41, 5.74) is 8.43. The predicted octanol–water partition coefficient (Wildman–Crippen LogP) is 9.90. The first kappa shape index (κ1) is 24.0. The standard InChI is InChI=1S/C40H25N3/c1-3-11-25(12-4-1)38-41-39(26-13-5-2-6-14-26)43-40(42-38)28-19-20-34-35(24-28)31-18-10-9-17-30(31)33-22-21-32-29-16-8-7-15-27(29)23-36(32)37(33)34/h1-22,24H,23H2. The van der Waals surface area contributed by atoms with Gasteiger partial charge in [0.05, 0.1) is 0 Å². The van der Waals surface area contributed by atoms with E-state index >= 15 is 0 Å². The zero-order valence-corrected chi connectivity index (χ0v) is 23.3. The molecule has 0 amide bonds. The van der Waals surface area contributed by atoms with Crippen LogP contribution in [0.25, 0.3) is 77.6 Å². The van der Waals surface area contributed by atoms with Crippen molar-refractivity contribution < 1.29 is 0 Å². The summed E-state index contributed by atoms with van der Waals surface area (Å²) in [5.74, 6) is 2.01. The maximum Gasteiger partial charge on any atom is 0.164 e. The van der Waals surface area contributed by atoms with E-state index in [-0.39, 0.29) is 0 Å². The summed E-state index contributed by atoms with van der Waals surface area (Å²) in [5, 5.41) is 7.64. The molecule has 0 fully saturated rings. The molecule has 0 saturated carbocycles. The molecule has 0 bridgehead atoms.